The van der Waals surface area contributed by atoms with E-state index in [2.05, 4.69) is 459 Å². The van der Waals surface area contributed by atoms with Crippen LogP contribution in [0.2, 0.25) is 0 Å². The molecule has 0 N–H and O–H groups in total. The number of hydrogen-bond donors (Lipinski definition) is 0. The van der Waals surface area contributed by atoms with E-state index in [1.54, 1.807) is 0 Å². The van der Waals surface area contributed by atoms with Crippen molar-refractivity contribution in [2.24, 2.45) is 0 Å². The van der Waals surface area contributed by atoms with Crippen molar-refractivity contribution in [2.45, 2.75) is 0 Å². The first-order valence-electron chi connectivity index (χ1n) is 40.1. The molecule has 0 aliphatic heterocycles. The first-order chi connectivity index (χ1) is 58.5. The monoisotopic (exact) mass is 1500 g/mol. The Balaban J connectivity index is 0.000000148. The third kappa shape index (κ3) is 13.5. The summed E-state index contributed by atoms with van der Waals surface area (Å²) in [6.45, 7) is 0. The predicted molar refractivity (Wildman–Crippen MR) is 497 cm³/mol. The van der Waals surface area contributed by atoms with Gasteiger partial charge in [-0.1, -0.05) is 334 Å². The van der Waals surface area contributed by atoms with Crippen molar-refractivity contribution in [2.75, 3.05) is 9.80 Å². The van der Waals surface area contributed by atoms with Crippen LogP contribution in [0.1, 0.15) is 0 Å². The van der Waals surface area contributed by atoms with Gasteiger partial charge in [0, 0.05) is 88.7 Å². The minimum absolute atomic E-state index is 0.896. The summed E-state index contributed by atoms with van der Waals surface area (Å²) in [5, 5.41) is 11.3. The molecule has 0 fully saturated rings. The number of para-hydroxylation sites is 2. The molecule has 4 aromatic heterocycles. The van der Waals surface area contributed by atoms with Crippen LogP contribution in [-0.4, -0.2) is 19.9 Å². The number of aromatic nitrogens is 4. The molecule has 0 bridgehead atoms. The van der Waals surface area contributed by atoms with Crippen molar-refractivity contribution in [3.63, 3.8) is 0 Å². The van der Waals surface area contributed by atoms with Crippen LogP contribution in [0.4, 0.5) is 34.1 Å². The lowest BCUT2D eigenvalue weighted by Crippen LogP contribution is -2.10. The van der Waals surface area contributed by atoms with E-state index in [4.69, 9.17) is 19.9 Å². The number of benzene rings is 18. The van der Waals surface area contributed by atoms with Gasteiger partial charge in [-0.25, -0.2) is 19.9 Å². The van der Waals surface area contributed by atoms with Crippen molar-refractivity contribution < 1.29 is 0 Å². The van der Waals surface area contributed by atoms with E-state index in [1.807, 2.05) is 0 Å². The fourth-order valence-electron chi connectivity index (χ4n) is 16.9. The Kier molecular flexibility index (Phi) is 18.2. The van der Waals surface area contributed by atoms with E-state index >= 15 is 0 Å². The number of pyridine rings is 4. The molecule has 0 unspecified atom stereocenters. The molecule has 0 aliphatic rings. The number of rotatable bonds is 14. The van der Waals surface area contributed by atoms with Crippen molar-refractivity contribution >= 4 is 121 Å². The number of hydrogen-bond acceptors (Lipinski definition) is 6. The van der Waals surface area contributed by atoms with Gasteiger partial charge < -0.3 is 9.80 Å². The van der Waals surface area contributed by atoms with E-state index < -0.39 is 0 Å². The Morgan fingerprint density at radius 3 is 0.831 bits per heavy atom. The van der Waals surface area contributed by atoms with Crippen molar-refractivity contribution in [3.05, 3.63) is 449 Å². The maximum atomic E-state index is 5.37. The van der Waals surface area contributed by atoms with Crippen LogP contribution in [0, 0.1) is 0 Å². The Labute approximate surface area is 684 Å². The highest BCUT2D eigenvalue weighted by atomic mass is 15.1. The molecule has 0 saturated carbocycles. The normalized spacial score (nSPS) is 11.4. The van der Waals surface area contributed by atoms with Crippen LogP contribution in [0.5, 0.6) is 0 Å². The van der Waals surface area contributed by atoms with Crippen molar-refractivity contribution in [1.82, 2.24) is 19.9 Å². The highest BCUT2D eigenvalue weighted by molar-refractivity contribution is 6.18. The average Bonchev–Trinajstić information content (AvgIpc) is 0.739. The fourth-order valence-corrected chi connectivity index (χ4v) is 16.9. The third-order valence-electron chi connectivity index (χ3n) is 22.8. The molecule has 0 saturated heterocycles. The third-order valence-corrected chi connectivity index (χ3v) is 22.8. The van der Waals surface area contributed by atoms with Gasteiger partial charge in [-0.05, 0) is 192 Å². The molecule has 552 valence electrons. The molecule has 6 heteroatoms. The zero-order chi connectivity index (χ0) is 78.2. The number of fused-ring (bicyclic) bond motifs is 10. The Hall–Kier alpha value is -15.8. The second-order valence-electron chi connectivity index (χ2n) is 30.0. The number of anilines is 6. The molecule has 0 amide bonds. The largest absolute Gasteiger partial charge is 0.310 e. The van der Waals surface area contributed by atoms with Gasteiger partial charge in [0.05, 0.1) is 44.5 Å². The quantitative estimate of drug-likeness (QED) is 0.0799. The zero-order valence-electron chi connectivity index (χ0n) is 64.4. The van der Waals surface area contributed by atoms with E-state index in [-0.39, 0.29) is 0 Å². The maximum absolute atomic E-state index is 5.37. The van der Waals surface area contributed by atoms with Gasteiger partial charge in [-0.15, -0.1) is 0 Å². The van der Waals surface area contributed by atoms with Crippen LogP contribution in [-0.2, 0) is 0 Å². The van der Waals surface area contributed by atoms with Crippen LogP contribution < -0.4 is 9.80 Å². The molecule has 0 atom stereocenters. The van der Waals surface area contributed by atoms with Crippen LogP contribution in [0.3, 0.4) is 0 Å². The Bertz CT molecular complexity index is 7310. The van der Waals surface area contributed by atoms with E-state index in [9.17, 15) is 0 Å². The Morgan fingerprint density at radius 2 is 0.432 bits per heavy atom. The summed E-state index contributed by atoms with van der Waals surface area (Å²) in [7, 11) is 0. The van der Waals surface area contributed by atoms with Crippen LogP contribution in [0.15, 0.2) is 449 Å². The summed E-state index contributed by atoms with van der Waals surface area (Å²) in [5.74, 6) is 0. The van der Waals surface area contributed by atoms with Crippen molar-refractivity contribution in [1.29, 1.82) is 0 Å². The molecule has 118 heavy (non-hydrogen) atoms. The lowest BCUT2D eigenvalue weighted by molar-refractivity contribution is 1.28. The molecule has 18 aromatic carbocycles. The van der Waals surface area contributed by atoms with Crippen molar-refractivity contribution in [3.8, 4) is 89.3 Å². The molecule has 22 rings (SSSR count). The van der Waals surface area contributed by atoms with E-state index in [0.717, 1.165) is 122 Å². The standard InChI is InChI=1S/C60H39N3.C52H35N3/c1-4-12-40(13-5-1)42-22-29-51(30-23-42)63(52-31-24-43(25-32-52)41-14-6-2-7-15-41)53-33-26-47-36-49-38-48(21-20-46(49)37-50(47)39-53)56-35-28-45-27-34-55-58(44-16-8-3-9-17-44)54-18-10-11-19-57(54)62-60(55)59(45)61-56;1-4-13-36(14-5-1)38-23-29-43(30-24-38)55(44-31-25-39(26-32-44)37-15-6-2-7-16-37)45-20-12-19-42(35-45)48-34-28-41-27-33-47-50(40-17-8-3-9-18-40)46-21-10-11-22-49(46)54-52(47)51(41)53-48/h1-39H;1-35H. The fraction of sp³-hybridized carbons (Fsp3) is 0. The topological polar surface area (TPSA) is 58.0 Å². The Morgan fingerprint density at radius 1 is 0.144 bits per heavy atom. The second kappa shape index (κ2) is 30.6. The molecule has 0 radical (unpaired) electrons. The van der Waals surface area contributed by atoms with E-state index in [1.165, 1.54) is 88.3 Å². The molecule has 6 nitrogen and oxygen atoms in total. The second-order valence-corrected chi connectivity index (χ2v) is 30.0. The SMILES string of the molecule is c1ccc(-c2ccc(N(c3ccc(-c4ccccc4)cc3)c3ccc4cc5cc(-c6ccc7ccc8c(-c9ccccc9)c9ccccc9nc8c7n6)ccc5cc4c3)cc2)cc1.c1ccc(-c2ccc(N(c3ccc(-c4ccccc4)cc3)c3cccc(-c4ccc5ccc6c(-c7ccccc7)c7ccccc7nc6c5n4)c3)cc2)cc1. The lowest BCUT2D eigenvalue weighted by Gasteiger charge is -2.26. The first kappa shape index (κ1) is 70.1. The summed E-state index contributed by atoms with van der Waals surface area (Å²) in [5.41, 5.74) is 30.3. The maximum Gasteiger partial charge on any atom is 0.0978 e. The van der Waals surface area contributed by atoms with Gasteiger partial charge in [-0.3, -0.25) is 0 Å². The highest BCUT2D eigenvalue weighted by Gasteiger charge is 2.22. The first-order valence-corrected chi connectivity index (χ1v) is 40.1. The number of nitrogens with zero attached hydrogens (tertiary/aromatic N) is 6. The van der Waals surface area contributed by atoms with Gasteiger partial charge in [0.25, 0.3) is 0 Å². The smallest absolute Gasteiger partial charge is 0.0978 e. The summed E-state index contributed by atoms with van der Waals surface area (Å²) in [6.07, 6.45) is 0. The molecule has 4 heterocycles. The summed E-state index contributed by atoms with van der Waals surface area (Å²) in [4.78, 5) is 25.9. The van der Waals surface area contributed by atoms with E-state index in [0.29, 0.717) is 0 Å². The lowest BCUT2D eigenvalue weighted by atomic mass is 9.95. The molecule has 22 aromatic rings. The molecular formula is C112H74N6. The van der Waals surface area contributed by atoms with Gasteiger partial charge in [0.1, 0.15) is 0 Å². The van der Waals surface area contributed by atoms with Gasteiger partial charge >= 0.3 is 0 Å². The summed E-state index contributed by atoms with van der Waals surface area (Å²) >= 11 is 0. The molecular weight excluding hydrogens is 1430 g/mol. The average molecular weight is 1500 g/mol. The highest BCUT2D eigenvalue weighted by Crippen LogP contribution is 2.45. The molecule has 0 aliphatic carbocycles. The summed E-state index contributed by atoms with van der Waals surface area (Å²) < 4.78 is 0. The van der Waals surface area contributed by atoms with Crippen LogP contribution in [0.25, 0.3) is 176 Å². The van der Waals surface area contributed by atoms with Crippen LogP contribution >= 0.6 is 0 Å². The minimum Gasteiger partial charge on any atom is -0.310 e. The zero-order valence-corrected chi connectivity index (χ0v) is 64.4. The molecule has 0 spiro atoms. The summed E-state index contributed by atoms with van der Waals surface area (Å²) in [6, 6.07) is 160. The predicted octanol–water partition coefficient (Wildman–Crippen LogP) is 30.5. The minimum atomic E-state index is 0.896. The van der Waals surface area contributed by atoms with Gasteiger partial charge in [-0.2, -0.15) is 0 Å². The van der Waals surface area contributed by atoms with Gasteiger partial charge in [0.15, 0.2) is 0 Å². The van der Waals surface area contributed by atoms with Gasteiger partial charge in [0.2, 0.25) is 0 Å².